The Balaban J connectivity index is 2.72. The molecule has 0 bridgehead atoms. The lowest BCUT2D eigenvalue weighted by atomic mass is 9.99. The zero-order chi connectivity index (χ0) is 13.3. The van der Waals surface area contributed by atoms with E-state index in [4.69, 9.17) is 9.52 Å². The highest BCUT2D eigenvalue weighted by molar-refractivity contribution is 5.96. The molecule has 0 amide bonds. The lowest BCUT2D eigenvalue weighted by Gasteiger charge is -2.08. The third kappa shape index (κ3) is 1.90. The maximum absolute atomic E-state index is 13.6. The summed E-state index contributed by atoms with van der Waals surface area (Å²) in [5, 5.41) is 9.05. The van der Waals surface area contributed by atoms with E-state index in [0.29, 0.717) is 11.8 Å². The van der Waals surface area contributed by atoms with Crippen molar-refractivity contribution in [1.82, 2.24) is 0 Å². The van der Waals surface area contributed by atoms with Crippen LogP contribution < -0.4 is 0 Å². The molecular weight excluding hydrogens is 239 g/mol. The molecule has 0 aliphatic heterocycles. The van der Waals surface area contributed by atoms with E-state index in [2.05, 4.69) is 0 Å². The van der Waals surface area contributed by atoms with Gasteiger partial charge in [0.25, 0.3) is 0 Å². The number of hydrogen-bond donors (Lipinski definition) is 1. The smallest absolute Gasteiger partial charge is 0.339 e. The summed E-state index contributed by atoms with van der Waals surface area (Å²) in [6.07, 6.45) is 0.499. The molecule has 5 heteroatoms. The maximum atomic E-state index is 13.6. The van der Waals surface area contributed by atoms with Gasteiger partial charge in [0.1, 0.15) is 17.1 Å². The minimum absolute atomic E-state index is 0.0602. The average molecular weight is 248 g/mol. The molecule has 1 aromatic carbocycles. The number of hydrogen-bond acceptors (Lipinski definition) is 3. The summed E-state index contributed by atoms with van der Waals surface area (Å²) in [6, 6.07) is 5.39. The predicted molar refractivity (Wildman–Crippen MR) is 61.2 cm³/mol. The van der Waals surface area contributed by atoms with Crippen LogP contribution in [0.25, 0.3) is 11.3 Å². The fourth-order valence-corrected chi connectivity index (χ4v) is 1.76. The standard InChI is InChI=1S/C13H9FO4/c1-7-2-4-9(14)12(13(16)17)11(7)10-5-3-8(6-15)18-10/h2-6H,1H3,(H,16,17). The first-order valence-corrected chi connectivity index (χ1v) is 5.12. The van der Waals surface area contributed by atoms with Crippen molar-refractivity contribution in [3.8, 4) is 11.3 Å². The molecular formula is C13H9FO4. The van der Waals surface area contributed by atoms with Crippen LogP contribution in [0.2, 0.25) is 0 Å². The second-order valence-corrected chi connectivity index (χ2v) is 3.74. The lowest BCUT2D eigenvalue weighted by Crippen LogP contribution is -2.04. The molecule has 0 radical (unpaired) electrons. The largest absolute Gasteiger partial charge is 0.478 e. The summed E-state index contributed by atoms with van der Waals surface area (Å²) in [5.74, 6) is -2.00. The van der Waals surface area contributed by atoms with Gasteiger partial charge in [-0.15, -0.1) is 0 Å². The Kier molecular flexibility index (Phi) is 2.97. The highest BCUT2D eigenvalue weighted by Crippen LogP contribution is 2.30. The quantitative estimate of drug-likeness (QED) is 0.848. The third-order valence-corrected chi connectivity index (χ3v) is 2.57. The molecule has 92 valence electrons. The van der Waals surface area contributed by atoms with Crippen LogP contribution in [-0.2, 0) is 0 Å². The normalized spacial score (nSPS) is 10.3. The zero-order valence-corrected chi connectivity index (χ0v) is 9.44. The summed E-state index contributed by atoms with van der Waals surface area (Å²) in [6.45, 7) is 1.64. The van der Waals surface area contributed by atoms with Gasteiger partial charge in [0.2, 0.25) is 0 Å². The Morgan fingerprint density at radius 1 is 1.33 bits per heavy atom. The van der Waals surface area contributed by atoms with Crippen molar-refractivity contribution in [1.29, 1.82) is 0 Å². The molecule has 0 unspecified atom stereocenters. The van der Waals surface area contributed by atoms with Crippen molar-refractivity contribution >= 4 is 12.3 Å². The number of carboxylic acid groups (broad SMARTS) is 1. The molecule has 0 saturated heterocycles. The van der Waals surface area contributed by atoms with Gasteiger partial charge in [0.15, 0.2) is 12.0 Å². The van der Waals surface area contributed by atoms with Crippen LogP contribution in [0, 0.1) is 12.7 Å². The Morgan fingerprint density at radius 2 is 2.06 bits per heavy atom. The van der Waals surface area contributed by atoms with Crippen LogP contribution >= 0.6 is 0 Å². The Labute approximate surface area is 102 Å². The number of carbonyl (C=O) groups excluding carboxylic acids is 1. The molecule has 1 aromatic heterocycles. The third-order valence-electron chi connectivity index (χ3n) is 2.57. The first-order valence-electron chi connectivity index (χ1n) is 5.12. The highest BCUT2D eigenvalue weighted by atomic mass is 19.1. The van der Waals surface area contributed by atoms with E-state index in [9.17, 15) is 14.0 Å². The van der Waals surface area contributed by atoms with Crippen LogP contribution in [0.1, 0.15) is 26.5 Å². The van der Waals surface area contributed by atoms with E-state index in [-0.39, 0.29) is 17.1 Å². The number of aldehydes is 1. The summed E-state index contributed by atoms with van der Waals surface area (Å²) in [4.78, 5) is 21.6. The van der Waals surface area contributed by atoms with E-state index >= 15 is 0 Å². The Hall–Kier alpha value is -2.43. The van der Waals surface area contributed by atoms with E-state index in [0.717, 1.165) is 6.07 Å². The second-order valence-electron chi connectivity index (χ2n) is 3.74. The minimum Gasteiger partial charge on any atom is -0.478 e. The highest BCUT2D eigenvalue weighted by Gasteiger charge is 2.21. The van der Waals surface area contributed by atoms with Gasteiger partial charge < -0.3 is 9.52 Å². The Bertz CT molecular complexity index is 628. The number of benzene rings is 1. The molecule has 18 heavy (non-hydrogen) atoms. The molecule has 0 aliphatic carbocycles. The fourth-order valence-electron chi connectivity index (χ4n) is 1.76. The number of carboxylic acids is 1. The number of carbonyl (C=O) groups is 2. The molecule has 4 nitrogen and oxygen atoms in total. The molecule has 0 spiro atoms. The van der Waals surface area contributed by atoms with Gasteiger partial charge in [0.05, 0.1) is 0 Å². The van der Waals surface area contributed by atoms with Gasteiger partial charge >= 0.3 is 5.97 Å². The molecule has 2 rings (SSSR count). The van der Waals surface area contributed by atoms with Crippen molar-refractivity contribution < 1.29 is 23.5 Å². The van der Waals surface area contributed by atoms with Crippen LogP contribution in [0.3, 0.4) is 0 Å². The van der Waals surface area contributed by atoms with Gasteiger partial charge in [-0.25, -0.2) is 9.18 Å². The molecule has 0 aliphatic rings. The van der Waals surface area contributed by atoms with E-state index in [1.807, 2.05) is 0 Å². The number of halogens is 1. The predicted octanol–water partition coefficient (Wildman–Crippen LogP) is 2.90. The van der Waals surface area contributed by atoms with Crippen molar-refractivity contribution in [3.05, 3.63) is 47.0 Å². The lowest BCUT2D eigenvalue weighted by molar-refractivity contribution is 0.0692. The monoisotopic (exact) mass is 248 g/mol. The summed E-state index contributed by atoms with van der Waals surface area (Å²) in [5.41, 5.74) is 0.248. The minimum atomic E-state index is -1.38. The van der Waals surface area contributed by atoms with Crippen molar-refractivity contribution in [2.75, 3.05) is 0 Å². The summed E-state index contributed by atoms with van der Waals surface area (Å²) >= 11 is 0. The first kappa shape index (κ1) is 12.0. The van der Waals surface area contributed by atoms with Crippen LogP contribution in [0.15, 0.2) is 28.7 Å². The molecule has 2 aromatic rings. The van der Waals surface area contributed by atoms with Gasteiger partial charge in [-0.3, -0.25) is 4.79 Å². The summed E-state index contributed by atoms with van der Waals surface area (Å²) in [7, 11) is 0. The van der Waals surface area contributed by atoms with Gasteiger partial charge in [-0.1, -0.05) is 6.07 Å². The van der Waals surface area contributed by atoms with E-state index in [1.54, 1.807) is 6.92 Å². The molecule has 0 saturated carbocycles. The number of furan rings is 1. The number of rotatable bonds is 3. The number of aryl methyl sites for hydroxylation is 1. The summed E-state index contributed by atoms with van der Waals surface area (Å²) < 4.78 is 18.7. The van der Waals surface area contributed by atoms with Gasteiger partial charge in [-0.05, 0) is 30.7 Å². The zero-order valence-electron chi connectivity index (χ0n) is 9.44. The van der Waals surface area contributed by atoms with Crippen LogP contribution in [-0.4, -0.2) is 17.4 Å². The van der Waals surface area contributed by atoms with Crippen molar-refractivity contribution in [2.45, 2.75) is 6.92 Å². The van der Waals surface area contributed by atoms with Crippen LogP contribution in [0.4, 0.5) is 4.39 Å². The maximum Gasteiger partial charge on any atom is 0.339 e. The van der Waals surface area contributed by atoms with Crippen LogP contribution in [0.5, 0.6) is 0 Å². The van der Waals surface area contributed by atoms with Crippen molar-refractivity contribution in [2.24, 2.45) is 0 Å². The fraction of sp³-hybridized carbons (Fsp3) is 0.0769. The van der Waals surface area contributed by atoms with Crippen molar-refractivity contribution in [3.63, 3.8) is 0 Å². The average Bonchev–Trinajstić information content (AvgIpc) is 2.79. The van der Waals surface area contributed by atoms with E-state index < -0.39 is 17.3 Å². The molecule has 0 fully saturated rings. The molecule has 0 atom stereocenters. The molecule has 1 heterocycles. The molecule has 1 N–H and O–H groups in total. The number of aromatic carboxylic acids is 1. The Morgan fingerprint density at radius 3 is 2.61 bits per heavy atom. The first-order chi connectivity index (χ1) is 8.54. The topological polar surface area (TPSA) is 67.5 Å². The van der Waals surface area contributed by atoms with E-state index in [1.165, 1.54) is 18.2 Å². The SMILES string of the molecule is Cc1ccc(F)c(C(=O)O)c1-c1ccc(C=O)o1. The van der Waals surface area contributed by atoms with Gasteiger partial charge in [-0.2, -0.15) is 0 Å². The second kappa shape index (κ2) is 4.44. The van der Waals surface area contributed by atoms with Gasteiger partial charge in [0, 0.05) is 5.56 Å².